The fourth-order valence-electron chi connectivity index (χ4n) is 2.67. The van der Waals surface area contributed by atoms with Crippen LogP contribution in [0.15, 0.2) is 18.2 Å². The molecule has 1 aromatic rings. The van der Waals surface area contributed by atoms with Gasteiger partial charge in [-0.3, -0.25) is 0 Å². The summed E-state index contributed by atoms with van der Waals surface area (Å²) in [7, 11) is 3.31. The molecule has 0 saturated carbocycles. The predicted molar refractivity (Wildman–Crippen MR) is 93.8 cm³/mol. The Kier molecular flexibility index (Phi) is 6.31. The van der Waals surface area contributed by atoms with Crippen LogP contribution in [-0.2, 0) is 6.42 Å². The summed E-state index contributed by atoms with van der Waals surface area (Å²) in [6, 6.07) is 6.03. The van der Waals surface area contributed by atoms with Crippen LogP contribution >= 0.6 is 12.2 Å². The number of hydrogen-bond acceptors (Lipinski definition) is 3. The van der Waals surface area contributed by atoms with Crippen molar-refractivity contribution in [2.24, 2.45) is 5.92 Å². The highest BCUT2D eigenvalue weighted by Crippen LogP contribution is 2.27. The van der Waals surface area contributed by atoms with Gasteiger partial charge >= 0.3 is 0 Å². The van der Waals surface area contributed by atoms with Gasteiger partial charge in [0.1, 0.15) is 0 Å². The zero-order valence-electron chi connectivity index (χ0n) is 13.7. The van der Waals surface area contributed by atoms with Gasteiger partial charge in [-0.2, -0.15) is 0 Å². The lowest BCUT2D eigenvalue weighted by Gasteiger charge is -2.32. The maximum absolute atomic E-state index is 5.49. The Bertz CT molecular complexity index is 499. The van der Waals surface area contributed by atoms with Crippen molar-refractivity contribution in [3.05, 3.63) is 23.8 Å². The number of nitrogens with zero attached hydrogens (tertiary/aromatic N) is 1. The fraction of sp³-hybridized carbons (Fsp3) is 0.588. The molecule has 1 N–H and O–H groups in total. The van der Waals surface area contributed by atoms with Crippen LogP contribution < -0.4 is 14.8 Å². The van der Waals surface area contributed by atoms with E-state index in [1.54, 1.807) is 14.2 Å². The first-order valence-corrected chi connectivity index (χ1v) is 8.28. The molecule has 1 fully saturated rings. The van der Waals surface area contributed by atoms with E-state index in [0.717, 1.165) is 48.6 Å². The predicted octanol–water partition coefficient (Wildman–Crippen LogP) is 2.85. The summed E-state index contributed by atoms with van der Waals surface area (Å²) in [5.74, 6) is 2.36. The van der Waals surface area contributed by atoms with Crippen molar-refractivity contribution >= 4 is 17.3 Å². The van der Waals surface area contributed by atoms with E-state index in [4.69, 9.17) is 21.7 Å². The first-order chi connectivity index (χ1) is 10.6. The Morgan fingerprint density at radius 1 is 1.23 bits per heavy atom. The third-order valence-electron chi connectivity index (χ3n) is 4.21. The molecule has 0 unspecified atom stereocenters. The van der Waals surface area contributed by atoms with Crippen LogP contribution in [-0.4, -0.2) is 43.9 Å². The molecule has 1 heterocycles. The highest BCUT2D eigenvalue weighted by molar-refractivity contribution is 7.80. The number of piperidine rings is 1. The topological polar surface area (TPSA) is 33.7 Å². The summed E-state index contributed by atoms with van der Waals surface area (Å²) in [5, 5.41) is 4.25. The van der Waals surface area contributed by atoms with Crippen LogP contribution in [0.3, 0.4) is 0 Å². The van der Waals surface area contributed by atoms with Crippen molar-refractivity contribution in [1.82, 2.24) is 10.2 Å². The molecule has 22 heavy (non-hydrogen) atoms. The van der Waals surface area contributed by atoms with Crippen LogP contribution in [0.4, 0.5) is 0 Å². The fourth-order valence-corrected chi connectivity index (χ4v) is 2.96. The molecule has 0 atom stereocenters. The van der Waals surface area contributed by atoms with Gasteiger partial charge in [0, 0.05) is 19.6 Å². The lowest BCUT2D eigenvalue weighted by Crippen LogP contribution is -2.44. The van der Waals surface area contributed by atoms with E-state index in [-0.39, 0.29) is 0 Å². The van der Waals surface area contributed by atoms with E-state index in [1.165, 1.54) is 18.4 Å². The Morgan fingerprint density at radius 2 is 1.91 bits per heavy atom. The first kappa shape index (κ1) is 16.9. The second-order valence-corrected chi connectivity index (χ2v) is 6.23. The minimum atomic E-state index is 0.761. The molecule has 0 bridgehead atoms. The van der Waals surface area contributed by atoms with Crippen LogP contribution in [0.2, 0.25) is 0 Å². The van der Waals surface area contributed by atoms with Gasteiger partial charge in [-0.25, -0.2) is 0 Å². The normalized spacial score (nSPS) is 15.5. The number of ether oxygens (including phenoxy) is 2. The lowest BCUT2D eigenvalue weighted by molar-refractivity contribution is 0.278. The van der Waals surface area contributed by atoms with Crippen molar-refractivity contribution in [3.63, 3.8) is 0 Å². The maximum Gasteiger partial charge on any atom is 0.168 e. The molecule has 0 radical (unpaired) electrons. The molecule has 122 valence electrons. The summed E-state index contributed by atoms with van der Waals surface area (Å²) < 4.78 is 10.6. The summed E-state index contributed by atoms with van der Waals surface area (Å²) in [5.41, 5.74) is 1.21. The van der Waals surface area contributed by atoms with E-state index < -0.39 is 0 Å². The van der Waals surface area contributed by atoms with Gasteiger partial charge in [0.15, 0.2) is 16.6 Å². The summed E-state index contributed by atoms with van der Waals surface area (Å²) >= 11 is 5.49. The van der Waals surface area contributed by atoms with Crippen LogP contribution in [0.1, 0.15) is 25.3 Å². The maximum atomic E-state index is 5.49. The van der Waals surface area contributed by atoms with Crippen LogP contribution in [0.5, 0.6) is 11.5 Å². The number of nitrogens with one attached hydrogen (secondary N) is 1. The summed E-state index contributed by atoms with van der Waals surface area (Å²) in [4.78, 5) is 2.28. The summed E-state index contributed by atoms with van der Waals surface area (Å²) in [6.07, 6.45) is 3.37. The Morgan fingerprint density at radius 3 is 2.55 bits per heavy atom. The van der Waals surface area contributed by atoms with Gasteiger partial charge in [0.25, 0.3) is 0 Å². The molecule has 0 spiro atoms. The highest BCUT2D eigenvalue weighted by atomic mass is 32.1. The summed E-state index contributed by atoms with van der Waals surface area (Å²) in [6.45, 7) is 5.29. The molecule has 1 aromatic carbocycles. The van der Waals surface area contributed by atoms with Crippen molar-refractivity contribution in [3.8, 4) is 11.5 Å². The Balaban J connectivity index is 1.79. The molecule has 0 amide bonds. The van der Waals surface area contributed by atoms with E-state index in [0.29, 0.717) is 0 Å². The molecule has 4 nitrogen and oxygen atoms in total. The molecule has 1 aliphatic heterocycles. The van der Waals surface area contributed by atoms with Crippen molar-refractivity contribution < 1.29 is 9.47 Å². The number of likely N-dealkylation sites (tertiary alicyclic amines) is 1. The minimum Gasteiger partial charge on any atom is -0.493 e. The molecule has 1 aliphatic rings. The molecule has 1 saturated heterocycles. The zero-order valence-corrected chi connectivity index (χ0v) is 14.5. The SMILES string of the molecule is COc1ccc(CCNC(=S)N2CCC(C)CC2)cc1OC. The first-order valence-electron chi connectivity index (χ1n) is 7.87. The van der Waals surface area contributed by atoms with Gasteiger partial charge in [-0.15, -0.1) is 0 Å². The van der Waals surface area contributed by atoms with E-state index >= 15 is 0 Å². The van der Waals surface area contributed by atoms with Crippen molar-refractivity contribution in [1.29, 1.82) is 0 Å². The molecule has 5 heteroatoms. The smallest absolute Gasteiger partial charge is 0.168 e. The lowest BCUT2D eigenvalue weighted by atomic mass is 10.00. The molecule has 0 aliphatic carbocycles. The van der Waals surface area contributed by atoms with Gasteiger partial charge in [0.2, 0.25) is 0 Å². The standard InChI is InChI=1S/C17H26N2O2S/c1-13-7-10-19(11-8-13)17(22)18-9-6-14-4-5-15(20-2)16(12-14)21-3/h4-5,12-13H,6-11H2,1-3H3,(H,18,22). The average Bonchev–Trinajstić information content (AvgIpc) is 2.55. The third kappa shape index (κ3) is 4.50. The number of methoxy groups -OCH3 is 2. The van der Waals surface area contributed by atoms with Gasteiger partial charge in [-0.1, -0.05) is 13.0 Å². The van der Waals surface area contributed by atoms with E-state index in [9.17, 15) is 0 Å². The van der Waals surface area contributed by atoms with Gasteiger partial charge < -0.3 is 19.7 Å². The monoisotopic (exact) mass is 322 g/mol. The average molecular weight is 322 g/mol. The Hall–Kier alpha value is -1.49. The van der Waals surface area contributed by atoms with Gasteiger partial charge in [0.05, 0.1) is 14.2 Å². The van der Waals surface area contributed by atoms with Gasteiger partial charge in [-0.05, 0) is 55.1 Å². The number of thiocarbonyl (C=S) groups is 1. The van der Waals surface area contributed by atoms with E-state index in [2.05, 4.69) is 23.2 Å². The minimum absolute atomic E-state index is 0.761. The molecule has 2 rings (SSSR count). The number of benzene rings is 1. The zero-order chi connectivity index (χ0) is 15.9. The van der Waals surface area contributed by atoms with Crippen molar-refractivity contribution in [2.75, 3.05) is 33.9 Å². The van der Waals surface area contributed by atoms with Crippen molar-refractivity contribution in [2.45, 2.75) is 26.2 Å². The quantitative estimate of drug-likeness (QED) is 0.843. The molecular weight excluding hydrogens is 296 g/mol. The molecule has 0 aromatic heterocycles. The van der Waals surface area contributed by atoms with Crippen LogP contribution in [0.25, 0.3) is 0 Å². The molecular formula is C17H26N2O2S. The Labute approximate surface area is 138 Å². The second-order valence-electron chi connectivity index (χ2n) is 5.84. The van der Waals surface area contributed by atoms with E-state index in [1.807, 2.05) is 12.1 Å². The number of hydrogen-bond donors (Lipinski definition) is 1. The second kappa shape index (κ2) is 8.22. The van der Waals surface area contributed by atoms with Crippen LogP contribution in [0, 0.1) is 5.92 Å². The third-order valence-corrected chi connectivity index (χ3v) is 4.61. The largest absolute Gasteiger partial charge is 0.493 e. The number of rotatable bonds is 5. The highest BCUT2D eigenvalue weighted by Gasteiger charge is 2.17.